The minimum Gasteiger partial charge on any atom is -0.223 e. The molecule has 0 amide bonds. The molecule has 0 rings (SSSR count). The molecule has 8 heteroatoms. The second-order valence-electron chi connectivity index (χ2n) is 3.13. The van der Waals surface area contributed by atoms with Crippen molar-refractivity contribution in [2.75, 3.05) is 33.2 Å². The highest BCUT2D eigenvalue weighted by molar-refractivity contribution is 7.48. The summed E-state index contributed by atoms with van der Waals surface area (Å²) in [5.41, 5.74) is 2.35. The van der Waals surface area contributed by atoms with Crippen molar-refractivity contribution in [2.24, 2.45) is 0 Å². The van der Waals surface area contributed by atoms with Crippen LogP contribution in [0.25, 0.3) is 0 Å². The minimum atomic E-state index is -3.66. The molecule has 7 nitrogen and oxygen atoms in total. The first-order valence-electron chi connectivity index (χ1n) is 5.89. The van der Waals surface area contributed by atoms with Gasteiger partial charge in [-0.3, -0.25) is 0 Å². The Kier molecular flexibility index (Phi) is 8.99. The van der Waals surface area contributed by atoms with Crippen molar-refractivity contribution in [3.63, 3.8) is 0 Å². The van der Waals surface area contributed by atoms with Crippen molar-refractivity contribution >= 4 is 7.82 Å². The Hall–Kier alpha value is -0.0100. The van der Waals surface area contributed by atoms with Crippen LogP contribution in [0.15, 0.2) is 0 Å². The van der Waals surface area contributed by atoms with Gasteiger partial charge in [-0.2, -0.15) is 29.5 Å². The SMILES string of the molecule is CCN(CC)OP(=O)(ONC)ON(CC)CC. The van der Waals surface area contributed by atoms with Gasteiger partial charge in [-0.1, -0.05) is 27.7 Å². The molecule has 0 bridgehead atoms. The van der Waals surface area contributed by atoms with Crippen LogP contribution in [0.4, 0.5) is 0 Å². The molecule has 17 heavy (non-hydrogen) atoms. The molecule has 0 spiro atoms. The summed E-state index contributed by atoms with van der Waals surface area (Å²) < 4.78 is 27.6. The fraction of sp³-hybridized carbons (Fsp3) is 1.00. The Morgan fingerprint density at radius 1 is 0.941 bits per heavy atom. The number of nitrogens with one attached hydrogen (secondary N) is 1. The maximum atomic E-state index is 12.3. The van der Waals surface area contributed by atoms with E-state index in [2.05, 4.69) is 5.48 Å². The minimum absolute atomic E-state index is 0.592. The van der Waals surface area contributed by atoms with E-state index >= 15 is 0 Å². The number of hydrogen-bond acceptors (Lipinski definition) is 7. The van der Waals surface area contributed by atoms with Gasteiger partial charge in [-0.15, -0.1) is 0 Å². The van der Waals surface area contributed by atoms with Crippen LogP contribution in [0.5, 0.6) is 0 Å². The smallest absolute Gasteiger partial charge is 0.223 e. The zero-order chi connectivity index (χ0) is 13.3. The maximum absolute atomic E-state index is 12.3. The third-order valence-electron chi connectivity index (χ3n) is 2.04. The van der Waals surface area contributed by atoms with Crippen LogP contribution in [0.3, 0.4) is 0 Å². The van der Waals surface area contributed by atoms with Gasteiger partial charge < -0.3 is 0 Å². The molecule has 0 aromatic carbocycles. The Bertz CT molecular complexity index is 216. The molecule has 0 saturated carbocycles. The Morgan fingerprint density at radius 2 is 1.29 bits per heavy atom. The summed E-state index contributed by atoms with van der Waals surface area (Å²) in [5, 5.41) is 3.03. The third-order valence-corrected chi connectivity index (χ3v) is 3.31. The number of hydroxylamine groups is 5. The molecule has 0 aliphatic heterocycles. The summed E-state index contributed by atoms with van der Waals surface area (Å²) in [5.74, 6) is 0. The summed E-state index contributed by atoms with van der Waals surface area (Å²) in [6, 6.07) is 0. The highest BCUT2D eigenvalue weighted by atomic mass is 31.2. The number of hydrogen-bond donors (Lipinski definition) is 1. The van der Waals surface area contributed by atoms with Crippen molar-refractivity contribution in [3.8, 4) is 0 Å². The highest BCUT2D eigenvalue weighted by Crippen LogP contribution is 2.49. The van der Waals surface area contributed by atoms with Gasteiger partial charge in [-0.05, 0) is 0 Å². The quantitative estimate of drug-likeness (QED) is 0.479. The number of phosphoric acid groups is 1. The maximum Gasteiger partial charge on any atom is 0.525 e. The molecule has 0 radical (unpaired) electrons. The first-order chi connectivity index (χ1) is 8.05. The van der Waals surface area contributed by atoms with Crippen LogP contribution in [0.1, 0.15) is 27.7 Å². The second kappa shape index (κ2) is 8.99. The topological polar surface area (TPSA) is 63.3 Å². The van der Waals surface area contributed by atoms with Crippen LogP contribution < -0.4 is 5.48 Å². The van der Waals surface area contributed by atoms with Crippen molar-refractivity contribution in [1.82, 2.24) is 15.6 Å². The molecule has 0 heterocycles. The van der Waals surface area contributed by atoms with Gasteiger partial charge in [0.25, 0.3) is 0 Å². The Balaban J connectivity index is 4.59. The van der Waals surface area contributed by atoms with E-state index in [1.807, 2.05) is 27.7 Å². The zero-order valence-electron chi connectivity index (χ0n) is 11.3. The van der Waals surface area contributed by atoms with Gasteiger partial charge in [0.05, 0.1) is 0 Å². The summed E-state index contributed by atoms with van der Waals surface area (Å²) in [4.78, 5) is 0. The standard InChI is InChI=1S/C9H24N3O4P/c1-6-11(7-2)15-17(13,14-10-5)16-12(8-3)9-4/h10H,6-9H2,1-5H3. The Morgan fingerprint density at radius 3 is 1.53 bits per heavy atom. The average Bonchev–Trinajstić information content (AvgIpc) is 2.33. The lowest BCUT2D eigenvalue weighted by molar-refractivity contribution is -0.145. The van der Waals surface area contributed by atoms with Crippen molar-refractivity contribution in [1.29, 1.82) is 0 Å². The lowest BCUT2D eigenvalue weighted by Crippen LogP contribution is -2.29. The van der Waals surface area contributed by atoms with E-state index in [-0.39, 0.29) is 0 Å². The normalized spacial score (nSPS) is 12.6. The summed E-state index contributed by atoms with van der Waals surface area (Å²) in [6.07, 6.45) is 0. The highest BCUT2D eigenvalue weighted by Gasteiger charge is 2.33. The van der Waals surface area contributed by atoms with E-state index in [0.29, 0.717) is 26.2 Å². The van der Waals surface area contributed by atoms with Crippen molar-refractivity contribution in [3.05, 3.63) is 0 Å². The molecule has 0 unspecified atom stereocenters. The fourth-order valence-electron chi connectivity index (χ4n) is 1.12. The summed E-state index contributed by atoms with van der Waals surface area (Å²) in [7, 11) is -2.15. The molecular weight excluding hydrogens is 245 g/mol. The van der Waals surface area contributed by atoms with E-state index in [9.17, 15) is 4.57 Å². The molecule has 0 aromatic rings. The molecular formula is C9H24N3O4P. The van der Waals surface area contributed by atoms with Gasteiger partial charge in [0.2, 0.25) is 0 Å². The predicted molar refractivity (Wildman–Crippen MR) is 65.8 cm³/mol. The molecule has 0 aromatic heterocycles. The molecule has 0 aliphatic rings. The zero-order valence-corrected chi connectivity index (χ0v) is 12.2. The van der Waals surface area contributed by atoms with Crippen LogP contribution in [-0.4, -0.2) is 43.4 Å². The first kappa shape index (κ1) is 17.0. The molecule has 1 N–H and O–H groups in total. The first-order valence-corrected chi connectivity index (χ1v) is 7.35. The molecule has 0 atom stereocenters. The van der Waals surface area contributed by atoms with Crippen LogP contribution in [-0.2, 0) is 18.4 Å². The van der Waals surface area contributed by atoms with E-state index < -0.39 is 7.82 Å². The van der Waals surface area contributed by atoms with Crippen LogP contribution in [0, 0.1) is 0 Å². The largest absolute Gasteiger partial charge is 0.525 e. The van der Waals surface area contributed by atoms with E-state index in [0.717, 1.165) is 0 Å². The predicted octanol–water partition coefficient (Wildman–Crippen LogP) is 1.79. The summed E-state index contributed by atoms with van der Waals surface area (Å²) in [6.45, 7) is 9.94. The van der Waals surface area contributed by atoms with Gasteiger partial charge in [0.1, 0.15) is 0 Å². The van der Waals surface area contributed by atoms with Crippen LogP contribution in [0.2, 0.25) is 0 Å². The molecule has 104 valence electrons. The summed E-state index contributed by atoms with van der Waals surface area (Å²) >= 11 is 0. The van der Waals surface area contributed by atoms with Gasteiger partial charge in [0, 0.05) is 33.2 Å². The Labute approximate surface area is 103 Å². The fourth-order valence-corrected chi connectivity index (χ4v) is 2.47. The van der Waals surface area contributed by atoms with E-state index in [1.54, 1.807) is 0 Å². The average molecular weight is 269 g/mol. The van der Waals surface area contributed by atoms with E-state index in [4.69, 9.17) is 13.9 Å². The lowest BCUT2D eigenvalue weighted by Gasteiger charge is -2.27. The molecule has 0 fully saturated rings. The number of nitrogens with zero attached hydrogens (tertiary/aromatic N) is 2. The van der Waals surface area contributed by atoms with Gasteiger partial charge in [-0.25, -0.2) is 4.57 Å². The molecule has 0 aliphatic carbocycles. The van der Waals surface area contributed by atoms with E-state index in [1.165, 1.54) is 17.2 Å². The number of rotatable bonds is 10. The van der Waals surface area contributed by atoms with Crippen molar-refractivity contribution < 1.29 is 18.4 Å². The van der Waals surface area contributed by atoms with Gasteiger partial charge >= 0.3 is 7.82 Å². The van der Waals surface area contributed by atoms with Gasteiger partial charge in [0.15, 0.2) is 0 Å². The monoisotopic (exact) mass is 269 g/mol. The van der Waals surface area contributed by atoms with Crippen molar-refractivity contribution in [2.45, 2.75) is 27.7 Å². The lowest BCUT2D eigenvalue weighted by atomic mass is 10.6. The third kappa shape index (κ3) is 6.47. The van der Waals surface area contributed by atoms with Crippen LogP contribution >= 0.6 is 7.82 Å². The molecule has 0 saturated heterocycles. The second-order valence-corrected chi connectivity index (χ2v) is 4.54.